The third kappa shape index (κ3) is 3.25. The number of benzene rings is 1. The monoisotopic (exact) mass is 275 g/mol. The Morgan fingerprint density at radius 3 is 2.42 bits per heavy atom. The van der Waals surface area contributed by atoms with Crippen molar-refractivity contribution in [1.29, 1.82) is 5.26 Å². The van der Waals surface area contributed by atoms with Crippen molar-refractivity contribution in [2.45, 2.75) is 55.6 Å². The number of nitrogens with zero attached hydrogens (tertiary/aromatic N) is 1. The summed E-state index contributed by atoms with van der Waals surface area (Å²) in [5.41, 5.74) is 1.27. The van der Waals surface area contributed by atoms with E-state index in [9.17, 15) is 9.47 Å². The van der Waals surface area contributed by atoms with Gasteiger partial charge in [0, 0.05) is 4.90 Å². The average Bonchev–Trinajstić information content (AvgIpc) is 2.46. The van der Waals surface area contributed by atoms with Gasteiger partial charge in [-0.1, -0.05) is 38.8 Å². The van der Waals surface area contributed by atoms with E-state index in [1.54, 1.807) is 0 Å². The second-order valence-electron chi connectivity index (χ2n) is 5.58. The number of nitriles is 1. The Labute approximate surface area is 118 Å². The fourth-order valence-corrected chi connectivity index (χ4v) is 4.29. The first-order chi connectivity index (χ1) is 9.13. The highest BCUT2D eigenvalue weighted by Crippen LogP contribution is 2.31. The predicted molar refractivity (Wildman–Crippen MR) is 78.3 cm³/mol. The molecule has 0 saturated heterocycles. The highest BCUT2D eigenvalue weighted by Gasteiger charge is 2.30. The minimum absolute atomic E-state index is 0.0173. The molecule has 1 aromatic carbocycles. The van der Waals surface area contributed by atoms with Crippen LogP contribution in [0.2, 0.25) is 0 Å². The molecule has 0 heterocycles. The Morgan fingerprint density at radius 2 is 1.84 bits per heavy atom. The summed E-state index contributed by atoms with van der Waals surface area (Å²) in [5.74, 6) is 0.448. The SMILES string of the molecule is CC(C)c1ccc(S(=O)C2CCCCC2C#N)cc1. The maximum absolute atomic E-state index is 12.6. The van der Waals surface area contributed by atoms with Gasteiger partial charge in [0.2, 0.25) is 0 Å². The molecule has 3 atom stereocenters. The Hall–Kier alpha value is -1.14. The molecule has 1 aromatic rings. The van der Waals surface area contributed by atoms with E-state index < -0.39 is 10.8 Å². The van der Waals surface area contributed by atoms with Gasteiger partial charge in [0.15, 0.2) is 0 Å². The molecule has 0 radical (unpaired) electrons. The Balaban J connectivity index is 2.16. The van der Waals surface area contributed by atoms with Gasteiger partial charge in [-0.15, -0.1) is 0 Å². The summed E-state index contributed by atoms with van der Waals surface area (Å²) in [6.45, 7) is 4.30. The van der Waals surface area contributed by atoms with Gasteiger partial charge in [0.25, 0.3) is 0 Å². The van der Waals surface area contributed by atoms with Crippen LogP contribution in [0.4, 0.5) is 0 Å². The molecule has 1 fully saturated rings. The van der Waals surface area contributed by atoms with Crippen molar-refractivity contribution in [3.8, 4) is 6.07 Å². The van der Waals surface area contributed by atoms with Gasteiger partial charge in [-0.25, -0.2) is 0 Å². The van der Waals surface area contributed by atoms with Gasteiger partial charge >= 0.3 is 0 Å². The molecule has 1 aliphatic rings. The van der Waals surface area contributed by atoms with Gasteiger partial charge in [-0.3, -0.25) is 4.21 Å². The lowest BCUT2D eigenvalue weighted by molar-refractivity contribution is 0.431. The fraction of sp³-hybridized carbons (Fsp3) is 0.562. The van der Waals surface area contributed by atoms with Crippen LogP contribution < -0.4 is 0 Å². The van der Waals surface area contributed by atoms with Crippen LogP contribution in [0.1, 0.15) is 51.0 Å². The van der Waals surface area contributed by atoms with Gasteiger partial charge in [-0.05, 0) is 36.5 Å². The second-order valence-corrected chi connectivity index (χ2v) is 7.25. The zero-order chi connectivity index (χ0) is 13.8. The zero-order valence-electron chi connectivity index (χ0n) is 11.6. The number of rotatable bonds is 3. The smallest absolute Gasteiger partial charge is 0.0668 e. The Kier molecular flexibility index (Phi) is 4.76. The summed E-state index contributed by atoms with van der Waals surface area (Å²) < 4.78 is 12.6. The third-order valence-corrected chi connectivity index (χ3v) is 5.77. The standard InChI is InChI=1S/C16H21NOS/c1-12(2)13-7-9-15(10-8-13)19(18)16-6-4-3-5-14(16)11-17/h7-10,12,14,16H,3-6H2,1-2H3. The lowest BCUT2D eigenvalue weighted by atomic mass is 9.90. The summed E-state index contributed by atoms with van der Waals surface area (Å²) in [6, 6.07) is 10.4. The van der Waals surface area contributed by atoms with Crippen LogP contribution in [0.15, 0.2) is 29.2 Å². The van der Waals surface area contributed by atoms with E-state index in [0.717, 1.165) is 30.6 Å². The van der Waals surface area contributed by atoms with Crippen molar-refractivity contribution in [2.24, 2.45) is 5.92 Å². The molecule has 19 heavy (non-hydrogen) atoms. The molecule has 1 aliphatic carbocycles. The maximum atomic E-state index is 12.6. The van der Waals surface area contributed by atoms with Gasteiger partial charge in [0.05, 0.1) is 28.0 Å². The van der Waals surface area contributed by atoms with Gasteiger partial charge in [0.1, 0.15) is 0 Å². The summed E-state index contributed by atoms with van der Waals surface area (Å²) in [6.07, 6.45) is 4.00. The molecule has 3 heteroatoms. The molecular weight excluding hydrogens is 254 g/mol. The molecule has 2 nitrogen and oxygen atoms in total. The lowest BCUT2D eigenvalue weighted by Crippen LogP contribution is -2.28. The first-order valence-electron chi connectivity index (χ1n) is 7.03. The van der Waals surface area contributed by atoms with Crippen molar-refractivity contribution < 1.29 is 4.21 Å². The number of hydrogen-bond acceptors (Lipinski definition) is 2. The van der Waals surface area contributed by atoms with Crippen LogP contribution in [-0.4, -0.2) is 9.46 Å². The van der Waals surface area contributed by atoms with Gasteiger partial charge < -0.3 is 0 Å². The van der Waals surface area contributed by atoms with E-state index in [-0.39, 0.29) is 11.2 Å². The first-order valence-corrected chi connectivity index (χ1v) is 8.25. The molecule has 102 valence electrons. The van der Waals surface area contributed by atoms with E-state index >= 15 is 0 Å². The average molecular weight is 275 g/mol. The zero-order valence-corrected chi connectivity index (χ0v) is 12.5. The predicted octanol–water partition coefficient (Wildman–Crippen LogP) is 4.00. The Morgan fingerprint density at radius 1 is 1.21 bits per heavy atom. The highest BCUT2D eigenvalue weighted by atomic mass is 32.2. The number of hydrogen-bond donors (Lipinski definition) is 0. The van der Waals surface area contributed by atoms with Crippen molar-refractivity contribution >= 4 is 10.8 Å². The summed E-state index contributed by atoms with van der Waals surface area (Å²) in [4.78, 5) is 0.872. The first kappa shape index (κ1) is 14.3. The van der Waals surface area contributed by atoms with E-state index in [2.05, 4.69) is 32.0 Å². The molecule has 3 unspecified atom stereocenters. The van der Waals surface area contributed by atoms with Crippen molar-refractivity contribution in [3.05, 3.63) is 29.8 Å². The molecule has 0 N–H and O–H groups in total. The molecule has 0 amide bonds. The van der Waals surface area contributed by atoms with Crippen molar-refractivity contribution in [2.75, 3.05) is 0 Å². The normalized spacial score (nSPS) is 24.9. The molecule has 0 spiro atoms. The van der Waals surface area contributed by atoms with E-state index in [1.165, 1.54) is 5.56 Å². The second kappa shape index (κ2) is 6.34. The van der Waals surface area contributed by atoms with Crippen molar-refractivity contribution in [1.82, 2.24) is 0 Å². The topological polar surface area (TPSA) is 40.9 Å². The molecule has 2 rings (SSSR count). The van der Waals surface area contributed by atoms with Crippen LogP contribution in [0.25, 0.3) is 0 Å². The van der Waals surface area contributed by atoms with Crippen molar-refractivity contribution in [3.63, 3.8) is 0 Å². The highest BCUT2D eigenvalue weighted by molar-refractivity contribution is 7.85. The summed E-state index contributed by atoms with van der Waals surface area (Å²) in [5, 5.41) is 9.21. The Bertz CT molecular complexity index is 486. The fourth-order valence-electron chi connectivity index (χ4n) is 2.66. The minimum Gasteiger partial charge on any atom is -0.254 e. The van der Waals surface area contributed by atoms with Crippen LogP contribution in [0.3, 0.4) is 0 Å². The maximum Gasteiger partial charge on any atom is 0.0668 e. The van der Waals surface area contributed by atoms with Crippen LogP contribution in [0.5, 0.6) is 0 Å². The lowest BCUT2D eigenvalue weighted by Gasteiger charge is -2.26. The largest absolute Gasteiger partial charge is 0.254 e. The summed E-state index contributed by atoms with van der Waals surface area (Å²) >= 11 is 0. The van der Waals surface area contributed by atoms with E-state index in [4.69, 9.17) is 0 Å². The van der Waals surface area contributed by atoms with Crippen LogP contribution >= 0.6 is 0 Å². The van der Waals surface area contributed by atoms with Gasteiger partial charge in [-0.2, -0.15) is 5.26 Å². The van der Waals surface area contributed by atoms with E-state index in [0.29, 0.717) is 5.92 Å². The van der Waals surface area contributed by atoms with Crippen LogP contribution in [0, 0.1) is 17.2 Å². The molecule has 0 bridgehead atoms. The molecular formula is C16H21NOS. The molecule has 0 aliphatic heterocycles. The molecule has 1 saturated carbocycles. The minimum atomic E-state index is -1.04. The third-order valence-electron chi connectivity index (χ3n) is 3.92. The quantitative estimate of drug-likeness (QED) is 0.836. The summed E-state index contributed by atoms with van der Waals surface area (Å²) in [7, 11) is -1.04. The molecule has 0 aromatic heterocycles. The van der Waals surface area contributed by atoms with E-state index in [1.807, 2.05) is 12.1 Å². The van der Waals surface area contributed by atoms with Crippen LogP contribution in [-0.2, 0) is 10.8 Å².